The Labute approximate surface area is 134 Å². The summed E-state index contributed by atoms with van der Waals surface area (Å²) in [6, 6.07) is 5.94. The van der Waals surface area contributed by atoms with E-state index >= 15 is 0 Å². The first kappa shape index (κ1) is 16.5. The number of hydrogen-bond acceptors (Lipinski definition) is 3. The highest BCUT2D eigenvalue weighted by Crippen LogP contribution is 2.15. The third kappa shape index (κ3) is 4.32. The second-order valence-electron chi connectivity index (χ2n) is 5.39. The first-order valence-electron chi connectivity index (χ1n) is 7.23. The lowest BCUT2D eigenvalue weighted by Crippen LogP contribution is -2.36. The summed E-state index contributed by atoms with van der Waals surface area (Å²) >= 11 is 0. The van der Waals surface area contributed by atoms with Crippen LogP contribution in [0.5, 0.6) is 0 Å². The van der Waals surface area contributed by atoms with Crippen molar-refractivity contribution in [1.82, 2.24) is 20.4 Å². The molecule has 23 heavy (non-hydrogen) atoms. The number of aryl methyl sites for hydroxylation is 2. The van der Waals surface area contributed by atoms with E-state index in [2.05, 4.69) is 15.7 Å². The number of carboxylic acids is 1. The quantitative estimate of drug-likeness (QED) is 0.786. The fourth-order valence-electron chi connectivity index (χ4n) is 2.32. The first-order valence-corrected chi connectivity index (χ1v) is 7.23. The number of nitrogens with one attached hydrogen (secondary N) is 2. The zero-order chi connectivity index (χ0) is 17.0. The highest BCUT2D eigenvalue weighted by molar-refractivity contribution is 5.87. The number of aromatic carboxylic acids is 1. The molecule has 0 aliphatic heterocycles. The van der Waals surface area contributed by atoms with Gasteiger partial charge in [-0.05, 0) is 31.5 Å². The smallest absolute Gasteiger partial charge is 0.335 e. The molecular weight excluding hydrogens is 296 g/mol. The van der Waals surface area contributed by atoms with E-state index in [0.717, 1.165) is 16.8 Å². The Morgan fingerprint density at radius 2 is 1.96 bits per heavy atom. The molecule has 7 heteroatoms. The molecule has 0 saturated heterocycles. The fourth-order valence-corrected chi connectivity index (χ4v) is 2.32. The van der Waals surface area contributed by atoms with Crippen molar-refractivity contribution in [3.05, 3.63) is 52.8 Å². The largest absolute Gasteiger partial charge is 0.478 e. The molecule has 0 radical (unpaired) electrons. The number of amides is 2. The minimum Gasteiger partial charge on any atom is -0.478 e. The molecule has 1 aromatic heterocycles. The van der Waals surface area contributed by atoms with Crippen molar-refractivity contribution in [2.75, 3.05) is 0 Å². The van der Waals surface area contributed by atoms with Gasteiger partial charge in [0.05, 0.1) is 17.3 Å². The predicted octanol–water partition coefficient (Wildman–Crippen LogP) is 1.99. The predicted molar refractivity (Wildman–Crippen MR) is 85.1 cm³/mol. The Kier molecular flexibility index (Phi) is 5.00. The lowest BCUT2D eigenvalue weighted by atomic mass is 10.1. The third-order valence-corrected chi connectivity index (χ3v) is 3.52. The molecule has 2 amide bonds. The van der Waals surface area contributed by atoms with Crippen LogP contribution in [0.1, 0.15) is 40.1 Å². The normalized spacial score (nSPS) is 11.8. The molecule has 0 aliphatic carbocycles. The summed E-state index contributed by atoms with van der Waals surface area (Å²) in [5.74, 6) is -0.970. The zero-order valence-corrected chi connectivity index (χ0v) is 13.3. The summed E-state index contributed by atoms with van der Waals surface area (Å²) < 4.78 is 1.71. The summed E-state index contributed by atoms with van der Waals surface area (Å²) in [5, 5.41) is 18.7. The number of carbonyl (C=O) groups is 2. The zero-order valence-electron chi connectivity index (χ0n) is 13.3. The minimum absolute atomic E-state index is 0.155. The molecule has 0 aliphatic rings. The maximum atomic E-state index is 11.9. The van der Waals surface area contributed by atoms with Gasteiger partial charge in [0, 0.05) is 25.4 Å². The van der Waals surface area contributed by atoms with Gasteiger partial charge in [0.25, 0.3) is 0 Å². The standard InChI is InChI=1S/C16H20N4O3/c1-10(14-9-20(3)19-11(14)2)18-16(23)17-8-12-4-6-13(7-5-12)15(21)22/h4-7,9-10H,8H2,1-3H3,(H,21,22)(H2,17,18,23). The monoisotopic (exact) mass is 316 g/mol. The number of urea groups is 1. The topological polar surface area (TPSA) is 96.3 Å². The van der Waals surface area contributed by atoms with Gasteiger partial charge in [0.15, 0.2) is 0 Å². The van der Waals surface area contributed by atoms with Crippen molar-refractivity contribution >= 4 is 12.0 Å². The molecule has 122 valence electrons. The Hall–Kier alpha value is -2.83. The van der Waals surface area contributed by atoms with Gasteiger partial charge in [-0.25, -0.2) is 9.59 Å². The van der Waals surface area contributed by atoms with E-state index < -0.39 is 5.97 Å². The maximum absolute atomic E-state index is 11.9. The average Bonchev–Trinajstić information content (AvgIpc) is 2.84. The van der Waals surface area contributed by atoms with Crippen LogP contribution >= 0.6 is 0 Å². The number of carbonyl (C=O) groups excluding carboxylic acids is 1. The Morgan fingerprint density at radius 3 is 2.48 bits per heavy atom. The van der Waals surface area contributed by atoms with Crippen molar-refractivity contribution in [2.24, 2.45) is 7.05 Å². The fraction of sp³-hybridized carbons (Fsp3) is 0.312. The van der Waals surface area contributed by atoms with E-state index in [-0.39, 0.29) is 17.6 Å². The van der Waals surface area contributed by atoms with Crippen LogP contribution in [0.3, 0.4) is 0 Å². The Balaban J connectivity index is 1.87. The summed E-state index contributed by atoms with van der Waals surface area (Å²) in [7, 11) is 1.84. The van der Waals surface area contributed by atoms with Crippen LogP contribution in [-0.2, 0) is 13.6 Å². The molecule has 0 saturated carbocycles. The van der Waals surface area contributed by atoms with E-state index in [9.17, 15) is 9.59 Å². The second kappa shape index (κ2) is 6.95. The molecule has 0 spiro atoms. The van der Waals surface area contributed by atoms with Crippen molar-refractivity contribution in [1.29, 1.82) is 0 Å². The highest BCUT2D eigenvalue weighted by Gasteiger charge is 2.14. The molecule has 1 atom stereocenters. The number of carboxylic acid groups (broad SMARTS) is 1. The number of hydrogen-bond donors (Lipinski definition) is 3. The molecule has 7 nitrogen and oxygen atoms in total. The van der Waals surface area contributed by atoms with Crippen molar-refractivity contribution < 1.29 is 14.7 Å². The summed E-state index contributed by atoms with van der Waals surface area (Å²) in [5.41, 5.74) is 2.90. The summed E-state index contributed by atoms with van der Waals surface area (Å²) in [6.07, 6.45) is 1.88. The van der Waals surface area contributed by atoms with Gasteiger partial charge in [0.1, 0.15) is 0 Å². The van der Waals surface area contributed by atoms with Crippen molar-refractivity contribution in [3.63, 3.8) is 0 Å². The van der Waals surface area contributed by atoms with Crippen molar-refractivity contribution in [2.45, 2.75) is 26.4 Å². The molecule has 1 heterocycles. The lowest BCUT2D eigenvalue weighted by molar-refractivity contribution is 0.0697. The Bertz CT molecular complexity index is 707. The molecule has 2 aromatic rings. The van der Waals surface area contributed by atoms with Gasteiger partial charge in [0.2, 0.25) is 0 Å². The van der Waals surface area contributed by atoms with Gasteiger partial charge in [-0.3, -0.25) is 4.68 Å². The van der Waals surface area contributed by atoms with E-state index in [1.54, 1.807) is 16.8 Å². The third-order valence-electron chi connectivity index (χ3n) is 3.52. The SMILES string of the molecule is Cc1nn(C)cc1C(C)NC(=O)NCc1ccc(C(=O)O)cc1. The van der Waals surface area contributed by atoms with E-state index in [1.165, 1.54) is 12.1 Å². The second-order valence-corrected chi connectivity index (χ2v) is 5.39. The highest BCUT2D eigenvalue weighted by atomic mass is 16.4. The minimum atomic E-state index is -0.970. The summed E-state index contributed by atoms with van der Waals surface area (Å²) in [4.78, 5) is 22.7. The van der Waals surface area contributed by atoms with Crippen LogP contribution in [0, 0.1) is 6.92 Å². The summed E-state index contributed by atoms with van der Waals surface area (Å²) in [6.45, 7) is 4.12. The molecule has 2 rings (SSSR count). The Morgan fingerprint density at radius 1 is 1.30 bits per heavy atom. The molecule has 0 bridgehead atoms. The molecular formula is C16H20N4O3. The molecule has 1 unspecified atom stereocenters. The van der Waals surface area contributed by atoms with Gasteiger partial charge >= 0.3 is 12.0 Å². The number of nitrogens with zero attached hydrogens (tertiary/aromatic N) is 2. The lowest BCUT2D eigenvalue weighted by Gasteiger charge is -2.14. The number of rotatable bonds is 5. The molecule has 1 aromatic carbocycles. The van der Waals surface area contributed by atoms with E-state index in [1.807, 2.05) is 27.1 Å². The van der Waals surface area contributed by atoms with Crippen LogP contribution in [0.15, 0.2) is 30.5 Å². The average molecular weight is 316 g/mol. The van der Waals surface area contributed by atoms with E-state index in [4.69, 9.17) is 5.11 Å². The van der Waals surface area contributed by atoms with Gasteiger partial charge in [-0.15, -0.1) is 0 Å². The molecule has 3 N–H and O–H groups in total. The van der Waals surface area contributed by atoms with Crippen LogP contribution in [0.4, 0.5) is 4.79 Å². The van der Waals surface area contributed by atoms with Crippen LogP contribution in [-0.4, -0.2) is 26.9 Å². The number of benzene rings is 1. The van der Waals surface area contributed by atoms with Gasteiger partial charge in [-0.2, -0.15) is 5.10 Å². The van der Waals surface area contributed by atoms with Crippen molar-refractivity contribution in [3.8, 4) is 0 Å². The van der Waals surface area contributed by atoms with Crippen LogP contribution in [0.25, 0.3) is 0 Å². The van der Waals surface area contributed by atoms with Gasteiger partial charge in [-0.1, -0.05) is 12.1 Å². The van der Waals surface area contributed by atoms with Gasteiger partial charge < -0.3 is 15.7 Å². The van der Waals surface area contributed by atoms with Crippen LogP contribution < -0.4 is 10.6 Å². The first-order chi connectivity index (χ1) is 10.9. The molecule has 0 fully saturated rings. The number of aromatic nitrogens is 2. The van der Waals surface area contributed by atoms with Crippen LogP contribution in [0.2, 0.25) is 0 Å². The maximum Gasteiger partial charge on any atom is 0.335 e. The van der Waals surface area contributed by atoms with E-state index in [0.29, 0.717) is 6.54 Å².